The van der Waals surface area contributed by atoms with E-state index in [0.29, 0.717) is 0 Å². The van der Waals surface area contributed by atoms with Gasteiger partial charge in [0.25, 0.3) is 0 Å². The molecule has 0 saturated heterocycles. The third kappa shape index (κ3) is 2.84. The third-order valence-corrected chi connectivity index (χ3v) is 5.95. The van der Waals surface area contributed by atoms with Crippen LogP contribution in [0.1, 0.15) is 30.5 Å². The first-order valence-corrected chi connectivity index (χ1v) is 9.93. The van der Waals surface area contributed by atoms with Crippen LogP contribution in [0.5, 0.6) is 0 Å². The van der Waals surface area contributed by atoms with Crippen molar-refractivity contribution in [2.45, 2.75) is 19.3 Å². The van der Waals surface area contributed by atoms with Crippen LogP contribution in [0.3, 0.4) is 0 Å². The minimum atomic E-state index is 0.0302. The summed E-state index contributed by atoms with van der Waals surface area (Å²) in [5, 5.41) is 2.41. The summed E-state index contributed by atoms with van der Waals surface area (Å²) in [6.07, 6.45) is 6.16. The fourth-order valence-corrected chi connectivity index (χ4v) is 4.41. The highest BCUT2D eigenvalue weighted by atomic mass is 127. The number of rotatable bonds is 2. The molecule has 0 amide bonds. The van der Waals surface area contributed by atoms with Crippen molar-refractivity contribution >= 4 is 34.7 Å². The van der Waals surface area contributed by atoms with E-state index in [9.17, 15) is 0 Å². The van der Waals surface area contributed by atoms with Gasteiger partial charge >= 0.3 is 0 Å². The molecule has 1 heteroatoms. The molecule has 1 aliphatic rings. The second kappa shape index (κ2) is 6.55. The third-order valence-electron chi connectivity index (χ3n) is 5.28. The predicted octanol–water partition coefficient (Wildman–Crippen LogP) is 5.39. The fourth-order valence-electron chi connectivity index (χ4n) is 3.92. The minimum absolute atomic E-state index is 0.0302. The quantitative estimate of drug-likeness (QED) is 0.461. The van der Waals surface area contributed by atoms with Gasteiger partial charge in [0.1, 0.15) is 0 Å². The number of hydrogen-bond acceptors (Lipinski definition) is 0. The Morgan fingerprint density at radius 2 is 1.50 bits per heavy atom. The molecule has 0 saturated carbocycles. The van der Waals surface area contributed by atoms with Gasteiger partial charge in [-0.1, -0.05) is 81.1 Å². The Balaban J connectivity index is 1.90. The molecule has 0 fully saturated rings. The Morgan fingerprint density at radius 1 is 0.846 bits per heavy atom. The molecule has 1 aliphatic carbocycles. The Kier molecular flexibility index (Phi) is 4.36. The summed E-state index contributed by atoms with van der Waals surface area (Å²) in [7, 11) is 0. The highest BCUT2D eigenvalue weighted by Gasteiger charge is 2.35. The first kappa shape index (κ1) is 17.3. The fraction of sp³-hybridized carbons (Fsp3) is 0.120. The lowest BCUT2D eigenvalue weighted by Gasteiger charge is -2.22. The van der Waals surface area contributed by atoms with E-state index in [1.54, 1.807) is 0 Å². The van der Waals surface area contributed by atoms with E-state index >= 15 is 0 Å². The summed E-state index contributed by atoms with van der Waals surface area (Å²) >= 11 is 2.40. The maximum absolute atomic E-state index is 3.83. The second-order valence-corrected chi connectivity index (χ2v) is 8.54. The minimum Gasteiger partial charge on any atom is -0.0990 e. The van der Waals surface area contributed by atoms with Gasteiger partial charge in [-0.25, -0.2) is 0 Å². The van der Waals surface area contributed by atoms with Crippen molar-refractivity contribution < 1.29 is 0 Å². The van der Waals surface area contributed by atoms with Crippen LogP contribution in [0.2, 0.25) is 0 Å². The lowest BCUT2D eigenvalue weighted by atomic mass is 9.82. The molecule has 0 aromatic heterocycles. The van der Waals surface area contributed by atoms with Gasteiger partial charge in [-0.3, -0.25) is 0 Å². The van der Waals surface area contributed by atoms with Crippen LogP contribution in [-0.2, 0) is 5.41 Å². The van der Waals surface area contributed by atoms with Crippen LogP contribution < -0.4 is 10.4 Å². The molecule has 0 bridgehead atoms. The van der Waals surface area contributed by atoms with Gasteiger partial charge in [-0.05, 0) is 79.1 Å². The summed E-state index contributed by atoms with van der Waals surface area (Å²) in [5.41, 5.74) is 6.85. The summed E-state index contributed by atoms with van der Waals surface area (Å²) < 4.78 is 1.29. The van der Waals surface area contributed by atoms with Crippen molar-refractivity contribution in [1.29, 1.82) is 0 Å². The van der Waals surface area contributed by atoms with Gasteiger partial charge in [-0.15, -0.1) is 0 Å². The van der Waals surface area contributed by atoms with E-state index in [-0.39, 0.29) is 5.41 Å². The molecule has 0 atom stereocenters. The van der Waals surface area contributed by atoms with Gasteiger partial charge in [-0.2, -0.15) is 0 Å². The molecular weight excluding hydrogens is 427 g/mol. The smallest absolute Gasteiger partial charge is 0.0159 e. The van der Waals surface area contributed by atoms with Gasteiger partial charge in [0, 0.05) is 8.99 Å². The molecule has 0 nitrogen and oxygen atoms in total. The molecular formula is C25H21I. The Hall–Kier alpha value is -2.13. The summed E-state index contributed by atoms with van der Waals surface area (Å²) in [6.45, 7) is 8.49. The average Bonchev–Trinajstić information content (AvgIpc) is 2.84. The van der Waals surface area contributed by atoms with Gasteiger partial charge < -0.3 is 0 Å². The zero-order valence-electron chi connectivity index (χ0n) is 15.1. The molecule has 128 valence electrons. The van der Waals surface area contributed by atoms with Crippen LogP contribution in [0, 0.1) is 3.57 Å². The molecule has 0 spiro atoms. The Bertz CT molecular complexity index is 1130. The van der Waals surface area contributed by atoms with Crippen molar-refractivity contribution in [3.05, 3.63) is 104 Å². The highest BCUT2D eigenvalue weighted by molar-refractivity contribution is 14.1. The summed E-state index contributed by atoms with van der Waals surface area (Å²) in [5.74, 6) is 0. The van der Waals surface area contributed by atoms with E-state index < -0.39 is 0 Å². The van der Waals surface area contributed by atoms with Crippen LogP contribution in [0.4, 0.5) is 0 Å². The normalized spacial score (nSPS) is 15.7. The molecule has 0 unspecified atom stereocenters. The Morgan fingerprint density at radius 3 is 2.23 bits per heavy atom. The van der Waals surface area contributed by atoms with E-state index in [0.717, 1.165) is 0 Å². The molecule has 0 aliphatic heterocycles. The van der Waals surface area contributed by atoms with E-state index in [1.807, 2.05) is 6.08 Å². The highest BCUT2D eigenvalue weighted by Crippen LogP contribution is 2.49. The number of halogens is 1. The standard InChI is InChI=1S/C25H21I/c1-4-7-18-8-5-6-9-19(18)14-17-10-12-21-22-13-11-20(26)16-24(22)25(2,3)23(21)15-17/h4-16H,1H2,2-3H3/b18-7-,19-14+. The lowest BCUT2D eigenvalue weighted by Crippen LogP contribution is -2.23. The largest absolute Gasteiger partial charge is 0.0990 e. The second-order valence-electron chi connectivity index (χ2n) is 7.30. The van der Waals surface area contributed by atoms with Crippen LogP contribution in [0.15, 0.2) is 73.3 Å². The van der Waals surface area contributed by atoms with Crippen molar-refractivity contribution in [1.82, 2.24) is 0 Å². The molecule has 4 rings (SSSR count). The zero-order chi connectivity index (χ0) is 18.3. The number of hydrogen-bond donors (Lipinski definition) is 0. The SMILES string of the molecule is C=C/C=c1/cccc/c1=C\c1ccc2c(c1)C(C)(C)c1cc(I)ccc1-2. The van der Waals surface area contributed by atoms with Gasteiger partial charge in [0.05, 0.1) is 0 Å². The average molecular weight is 448 g/mol. The van der Waals surface area contributed by atoms with E-state index in [1.165, 1.54) is 41.8 Å². The lowest BCUT2D eigenvalue weighted by molar-refractivity contribution is 0.660. The van der Waals surface area contributed by atoms with Gasteiger partial charge in [0.2, 0.25) is 0 Å². The topological polar surface area (TPSA) is 0 Å². The van der Waals surface area contributed by atoms with Crippen molar-refractivity contribution in [2.75, 3.05) is 0 Å². The Labute approximate surface area is 168 Å². The molecule has 0 N–H and O–H groups in total. The van der Waals surface area contributed by atoms with Crippen LogP contribution in [-0.4, -0.2) is 0 Å². The van der Waals surface area contributed by atoms with Crippen LogP contribution in [0.25, 0.3) is 23.3 Å². The molecule has 26 heavy (non-hydrogen) atoms. The molecule has 0 radical (unpaired) electrons. The maximum atomic E-state index is 3.83. The molecule has 0 heterocycles. The van der Waals surface area contributed by atoms with Crippen molar-refractivity contribution in [3.8, 4) is 11.1 Å². The molecule has 3 aromatic rings. The van der Waals surface area contributed by atoms with Crippen molar-refractivity contribution in [3.63, 3.8) is 0 Å². The van der Waals surface area contributed by atoms with Gasteiger partial charge in [0.15, 0.2) is 0 Å². The first-order chi connectivity index (χ1) is 12.5. The maximum Gasteiger partial charge on any atom is 0.0159 e. The molecule has 3 aromatic carbocycles. The first-order valence-electron chi connectivity index (χ1n) is 8.85. The number of benzene rings is 3. The monoisotopic (exact) mass is 448 g/mol. The van der Waals surface area contributed by atoms with E-state index in [2.05, 4.69) is 116 Å². The summed E-state index contributed by atoms with van der Waals surface area (Å²) in [6, 6.07) is 22.1. The predicted molar refractivity (Wildman–Crippen MR) is 121 cm³/mol. The number of allylic oxidation sites excluding steroid dienone is 1. The van der Waals surface area contributed by atoms with Crippen LogP contribution >= 0.6 is 22.6 Å². The number of fused-ring (bicyclic) bond motifs is 3. The van der Waals surface area contributed by atoms with Crippen molar-refractivity contribution in [2.24, 2.45) is 0 Å². The van der Waals surface area contributed by atoms with E-state index in [4.69, 9.17) is 0 Å². The summed E-state index contributed by atoms with van der Waals surface area (Å²) in [4.78, 5) is 0. The zero-order valence-corrected chi connectivity index (χ0v) is 17.2.